The fourth-order valence-electron chi connectivity index (χ4n) is 3.52. The molecule has 0 radical (unpaired) electrons. The molecule has 0 amide bonds. The predicted molar refractivity (Wildman–Crippen MR) is 106 cm³/mol. The van der Waals surface area contributed by atoms with Gasteiger partial charge in [0.05, 0.1) is 6.33 Å². The van der Waals surface area contributed by atoms with Crippen molar-refractivity contribution in [3.63, 3.8) is 0 Å². The lowest BCUT2D eigenvalue weighted by Gasteiger charge is -2.09. The minimum Gasteiger partial charge on any atom is -0.365 e. The number of fused-ring (bicyclic) bond motifs is 1. The number of hydrogen-bond donors (Lipinski definition) is 1. The molecule has 2 aromatic heterocycles. The topological polar surface area (TPSA) is 55.6 Å². The standard InChI is InChI=1S/C20H21F2N5S/c1-2-7-28-20-25-18(17-19(26-20)27(10-23-17)12-4-5-12)24-16-9-13(16)11-3-6-14(21)15(22)8-11/h3,6,8,10,12-13,16H,2,4-5,7,9H2,1H3,(H,24,25,26)/t13-,16+/m0/s1. The van der Waals surface area contributed by atoms with E-state index in [1.807, 2.05) is 6.33 Å². The van der Waals surface area contributed by atoms with Gasteiger partial charge in [0.25, 0.3) is 0 Å². The summed E-state index contributed by atoms with van der Waals surface area (Å²) in [6.45, 7) is 2.13. The summed E-state index contributed by atoms with van der Waals surface area (Å²) in [6, 6.07) is 4.78. The summed E-state index contributed by atoms with van der Waals surface area (Å²) < 4.78 is 28.9. The SMILES string of the molecule is CCCSc1nc(N[C@@H]2C[C@H]2c2ccc(F)c(F)c2)c2ncn(C3CC3)c2n1. The van der Waals surface area contributed by atoms with Crippen LogP contribution >= 0.6 is 11.8 Å². The minimum absolute atomic E-state index is 0.137. The van der Waals surface area contributed by atoms with Crippen molar-refractivity contribution in [3.05, 3.63) is 41.7 Å². The van der Waals surface area contributed by atoms with Crippen molar-refractivity contribution < 1.29 is 8.78 Å². The second-order valence-electron chi connectivity index (χ2n) is 7.53. The third-order valence-electron chi connectivity index (χ3n) is 5.26. The number of thioether (sulfide) groups is 1. The smallest absolute Gasteiger partial charge is 0.191 e. The molecule has 28 heavy (non-hydrogen) atoms. The number of nitrogens with one attached hydrogen (secondary N) is 1. The number of hydrogen-bond acceptors (Lipinski definition) is 5. The summed E-state index contributed by atoms with van der Waals surface area (Å²) in [5.74, 6) is 0.239. The molecule has 5 nitrogen and oxygen atoms in total. The van der Waals surface area contributed by atoms with Crippen molar-refractivity contribution in [1.82, 2.24) is 19.5 Å². The Hall–Kier alpha value is -2.22. The van der Waals surface area contributed by atoms with Crippen LogP contribution in [0.5, 0.6) is 0 Å². The van der Waals surface area contributed by atoms with Gasteiger partial charge in [-0.1, -0.05) is 24.8 Å². The van der Waals surface area contributed by atoms with Crippen LogP contribution in [0.4, 0.5) is 14.6 Å². The van der Waals surface area contributed by atoms with Gasteiger partial charge in [-0.05, 0) is 43.4 Å². The highest BCUT2D eigenvalue weighted by Crippen LogP contribution is 2.44. The van der Waals surface area contributed by atoms with Crippen LogP contribution in [0.3, 0.4) is 0 Å². The van der Waals surface area contributed by atoms with Gasteiger partial charge in [-0.15, -0.1) is 0 Å². The molecule has 2 heterocycles. The Kier molecular flexibility index (Phi) is 4.45. The summed E-state index contributed by atoms with van der Waals surface area (Å²) in [4.78, 5) is 14.0. The average molecular weight is 401 g/mol. The van der Waals surface area contributed by atoms with Crippen LogP contribution in [-0.2, 0) is 0 Å². The van der Waals surface area contributed by atoms with Crippen LogP contribution in [0, 0.1) is 11.6 Å². The molecule has 0 spiro atoms. The number of imidazole rings is 1. The maximum absolute atomic E-state index is 13.6. The van der Waals surface area contributed by atoms with E-state index >= 15 is 0 Å². The van der Waals surface area contributed by atoms with Crippen LogP contribution < -0.4 is 5.32 Å². The Balaban J connectivity index is 1.42. The number of anilines is 1. The maximum atomic E-state index is 13.6. The Morgan fingerprint density at radius 1 is 1.21 bits per heavy atom. The van der Waals surface area contributed by atoms with E-state index in [9.17, 15) is 8.78 Å². The van der Waals surface area contributed by atoms with E-state index in [1.54, 1.807) is 17.8 Å². The van der Waals surface area contributed by atoms with Gasteiger partial charge in [-0.2, -0.15) is 0 Å². The van der Waals surface area contributed by atoms with Crippen molar-refractivity contribution in [2.75, 3.05) is 11.1 Å². The number of aromatic nitrogens is 4. The largest absolute Gasteiger partial charge is 0.365 e. The highest BCUT2D eigenvalue weighted by molar-refractivity contribution is 7.99. The third kappa shape index (κ3) is 3.34. The zero-order valence-electron chi connectivity index (χ0n) is 15.5. The fourth-order valence-corrected chi connectivity index (χ4v) is 4.21. The number of halogens is 2. The molecule has 8 heteroatoms. The van der Waals surface area contributed by atoms with Gasteiger partial charge in [-0.25, -0.2) is 23.7 Å². The van der Waals surface area contributed by atoms with Crippen molar-refractivity contribution in [2.24, 2.45) is 0 Å². The second-order valence-corrected chi connectivity index (χ2v) is 8.59. The molecule has 0 saturated heterocycles. The number of nitrogens with zero attached hydrogens (tertiary/aromatic N) is 4. The van der Waals surface area contributed by atoms with E-state index in [-0.39, 0.29) is 12.0 Å². The molecule has 1 N–H and O–H groups in total. The first kappa shape index (κ1) is 17.8. The highest BCUT2D eigenvalue weighted by atomic mass is 32.2. The molecular weight excluding hydrogens is 380 g/mol. The zero-order valence-corrected chi connectivity index (χ0v) is 16.3. The lowest BCUT2D eigenvalue weighted by Crippen LogP contribution is -2.08. The number of benzene rings is 1. The van der Waals surface area contributed by atoms with E-state index in [1.165, 1.54) is 12.1 Å². The molecule has 5 rings (SSSR count). The van der Waals surface area contributed by atoms with Gasteiger partial charge in [0.2, 0.25) is 0 Å². The quantitative estimate of drug-likeness (QED) is 0.450. The molecule has 0 bridgehead atoms. The Labute approximate surface area is 166 Å². The van der Waals surface area contributed by atoms with Crippen molar-refractivity contribution >= 4 is 28.7 Å². The first-order chi connectivity index (χ1) is 13.6. The average Bonchev–Trinajstić information content (AvgIpc) is 3.61. The lowest BCUT2D eigenvalue weighted by atomic mass is 10.1. The predicted octanol–water partition coefficient (Wildman–Crippen LogP) is 4.91. The molecule has 2 atom stereocenters. The zero-order chi connectivity index (χ0) is 19.3. The summed E-state index contributed by atoms with van der Waals surface area (Å²) >= 11 is 1.65. The van der Waals surface area contributed by atoms with E-state index in [2.05, 4.69) is 21.8 Å². The van der Waals surface area contributed by atoms with Crippen molar-refractivity contribution in [1.29, 1.82) is 0 Å². The van der Waals surface area contributed by atoms with Gasteiger partial charge in [0.15, 0.2) is 33.8 Å². The first-order valence-electron chi connectivity index (χ1n) is 9.73. The Bertz CT molecular complexity index is 1030. The number of rotatable bonds is 7. The summed E-state index contributed by atoms with van der Waals surface area (Å²) in [6.07, 6.45) is 6.10. The minimum atomic E-state index is -0.811. The van der Waals surface area contributed by atoms with Gasteiger partial charge in [0.1, 0.15) is 0 Å². The van der Waals surface area contributed by atoms with Crippen LogP contribution in [0.1, 0.15) is 50.1 Å². The van der Waals surface area contributed by atoms with Crippen LogP contribution in [0.2, 0.25) is 0 Å². The third-order valence-corrected chi connectivity index (χ3v) is 6.31. The Morgan fingerprint density at radius 2 is 2.07 bits per heavy atom. The lowest BCUT2D eigenvalue weighted by molar-refractivity contribution is 0.507. The summed E-state index contributed by atoms with van der Waals surface area (Å²) in [5.41, 5.74) is 2.47. The monoisotopic (exact) mass is 401 g/mol. The van der Waals surface area contributed by atoms with E-state index in [0.717, 1.165) is 59.1 Å². The molecule has 0 aliphatic heterocycles. The van der Waals surface area contributed by atoms with Crippen LogP contribution in [0.15, 0.2) is 29.7 Å². The normalized spacial score (nSPS) is 21.2. The molecule has 0 unspecified atom stereocenters. The molecule has 2 fully saturated rings. The van der Waals surface area contributed by atoms with Gasteiger partial charge >= 0.3 is 0 Å². The molecular formula is C20H21F2N5S. The second kappa shape index (κ2) is 6.99. The fraction of sp³-hybridized carbons (Fsp3) is 0.450. The van der Waals surface area contributed by atoms with Crippen molar-refractivity contribution in [3.8, 4) is 0 Å². The first-order valence-corrected chi connectivity index (χ1v) is 10.7. The van der Waals surface area contributed by atoms with Crippen LogP contribution in [0.25, 0.3) is 11.2 Å². The van der Waals surface area contributed by atoms with Crippen LogP contribution in [-0.4, -0.2) is 31.3 Å². The Morgan fingerprint density at radius 3 is 2.82 bits per heavy atom. The van der Waals surface area contributed by atoms with E-state index < -0.39 is 11.6 Å². The van der Waals surface area contributed by atoms with Crippen molar-refractivity contribution in [2.45, 2.75) is 55.8 Å². The maximum Gasteiger partial charge on any atom is 0.191 e. The summed E-state index contributed by atoms with van der Waals surface area (Å²) in [7, 11) is 0. The molecule has 146 valence electrons. The van der Waals surface area contributed by atoms with E-state index in [0.29, 0.717) is 6.04 Å². The molecule has 2 aliphatic carbocycles. The van der Waals surface area contributed by atoms with E-state index in [4.69, 9.17) is 9.97 Å². The van der Waals surface area contributed by atoms with Gasteiger partial charge < -0.3 is 9.88 Å². The molecule has 2 aliphatic rings. The highest BCUT2D eigenvalue weighted by Gasteiger charge is 2.39. The van der Waals surface area contributed by atoms with Gasteiger partial charge in [-0.3, -0.25) is 0 Å². The molecule has 3 aromatic rings. The van der Waals surface area contributed by atoms with Gasteiger partial charge in [0, 0.05) is 23.8 Å². The molecule has 1 aromatic carbocycles. The summed E-state index contributed by atoms with van der Waals surface area (Å²) in [5, 5.41) is 4.23. The molecule has 2 saturated carbocycles.